The van der Waals surface area contributed by atoms with Crippen molar-refractivity contribution in [3.8, 4) is 5.75 Å². The molecule has 0 saturated heterocycles. The molecule has 2 aromatic rings. The largest absolute Gasteiger partial charge is 0.496 e. The molecule has 0 atom stereocenters. The number of carbonyl (C=O) groups excluding carboxylic acids is 1. The second kappa shape index (κ2) is 9.90. The van der Waals surface area contributed by atoms with Gasteiger partial charge in [-0.1, -0.05) is 43.9 Å². The van der Waals surface area contributed by atoms with E-state index in [0.29, 0.717) is 24.7 Å². The van der Waals surface area contributed by atoms with E-state index in [9.17, 15) is 4.79 Å². The summed E-state index contributed by atoms with van der Waals surface area (Å²) < 4.78 is 5.33. The van der Waals surface area contributed by atoms with Crippen LogP contribution in [-0.4, -0.2) is 35.6 Å². The van der Waals surface area contributed by atoms with Crippen LogP contribution in [-0.2, 0) is 6.42 Å². The fraction of sp³-hybridized carbons (Fsp3) is 0.476. The van der Waals surface area contributed by atoms with Crippen LogP contribution in [0, 0.1) is 0 Å². The Morgan fingerprint density at radius 2 is 1.89 bits per heavy atom. The van der Waals surface area contributed by atoms with Crippen molar-refractivity contribution >= 4 is 11.7 Å². The van der Waals surface area contributed by atoms with Crippen LogP contribution >= 0.6 is 0 Å². The first-order chi connectivity index (χ1) is 13.3. The standard InChI is InChI=1S/C21H28N4O2/c1-27-19-11-7-6-8-16(19)12-13-22-21(26)18-14-24-20(15-23-18)25-17-9-4-2-3-5-10-17/h6-8,11,14-15,17H,2-5,9-10,12-13H2,1H3,(H,22,26)(H,24,25). The molecule has 1 heterocycles. The molecule has 6 heteroatoms. The summed E-state index contributed by atoms with van der Waals surface area (Å²) in [4.78, 5) is 20.9. The Kier molecular flexibility index (Phi) is 7.02. The van der Waals surface area contributed by atoms with Gasteiger partial charge in [-0.3, -0.25) is 4.79 Å². The molecule has 0 aliphatic heterocycles. The van der Waals surface area contributed by atoms with E-state index in [-0.39, 0.29) is 5.91 Å². The molecule has 27 heavy (non-hydrogen) atoms. The van der Waals surface area contributed by atoms with Crippen molar-refractivity contribution in [2.45, 2.75) is 51.0 Å². The average Bonchev–Trinajstić information content (AvgIpc) is 2.97. The Morgan fingerprint density at radius 3 is 2.59 bits per heavy atom. The van der Waals surface area contributed by atoms with E-state index in [0.717, 1.165) is 17.1 Å². The van der Waals surface area contributed by atoms with E-state index in [1.807, 2.05) is 24.3 Å². The SMILES string of the molecule is COc1ccccc1CCNC(=O)c1cnc(NC2CCCCCC2)cn1. The highest BCUT2D eigenvalue weighted by Crippen LogP contribution is 2.20. The van der Waals surface area contributed by atoms with Crippen molar-refractivity contribution in [3.05, 3.63) is 47.9 Å². The number of amides is 1. The normalized spacial score (nSPS) is 15.0. The van der Waals surface area contributed by atoms with Gasteiger partial charge in [0.1, 0.15) is 17.3 Å². The van der Waals surface area contributed by atoms with Crippen LogP contribution < -0.4 is 15.4 Å². The van der Waals surface area contributed by atoms with E-state index < -0.39 is 0 Å². The molecule has 1 aromatic heterocycles. The monoisotopic (exact) mass is 368 g/mol. The number of nitrogens with zero attached hydrogens (tertiary/aromatic N) is 2. The summed E-state index contributed by atoms with van der Waals surface area (Å²) in [6, 6.07) is 8.27. The summed E-state index contributed by atoms with van der Waals surface area (Å²) in [5, 5.41) is 6.34. The topological polar surface area (TPSA) is 76.1 Å². The number of anilines is 1. The molecule has 0 bridgehead atoms. The second-order valence-corrected chi connectivity index (χ2v) is 6.94. The third kappa shape index (κ3) is 5.67. The van der Waals surface area contributed by atoms with Crippen LogP contribution in [0.4, 0.5) is 5.82 Å². The minimum absolute atomic E-state index is 0.210. The van der Waals surface area contributed by atoms with Crippen LogP contribution in [0.1, 0.15) is 54.6 Å². The lowest BCUT2D eigenvalue weighted by molar-refractivity contribution is 0.0948. The average molecular weight is 368 g/mol. The van der Waals surface area contributed by atoms with E-state index in [2.05, 4.69) is 20.6 Å². The molecular weight excluding hydrogens is 340 g/mol. The molecule has 0 spiro atoms. The minimum Gasteiger partial charge on any atom is -0.496 e. The predicted molar refractivity (Wildman–Crippen MR) is 106 cm³/mol. The third-order valence-corrected chi connectivity index (χ3v) is 4.96. The molecule has 3 rings (SSSR count). The predicted octanol–water partition coefficient (Wildman–Crippen LogP) is 3.59. The van der Waals surface area contributed by atoms with Gasteiger partial charge < -0.3 is 15.4 Å². The molecule has 1 fully saturated rings. The van der Waals surface area contributed by atoms with Crippen LogP contribution in [0.2, 0.25) is 0 Å². The number of hydrogen-bond donors (Lipinski definition) is 2. The second-order valence-electron chi connectivity index (χ2n) is 6.94. The molecule has 0 unspecified atom stereocenters. The first kappa shape index (κ1) is 19.1. The zero-order chi connectivity index (χ0) is 18.9. The van der Waals surface area contributed by atoms with Crippen molar-refractivity contribution < 1.29 is 9.53 Å². The van der Waals surface area contributed by atoms with Crippen molar-refractivity contribution in [1.29, 1.82) is 0 Å². The fourth-order valence-corrected chi connectivity index (χ4v) is 3.46. The zero-order valence-corrected chi connectivity index (χ0v) is 15.9. The molecule has 1 aliphatic rings. The molecular formula is C21H28N4O2. The van der Waals surface area contributed by atoms with E-state index in [1.165, 1.54) is 44.7 Å². The molecule has 144 valence electrons. The van der Waals surface area contributed by atoms with Gasteiger partial charge in [-0.05, 0) is 30.9 Å². The van der Waals surface area contributed by atoms with Crippen LogP contribution in [0.3, 0.4) is 0 Å². The number of rotatable bonds is 7. The highest BCUT2D eigenvalue weighted by atomic mass is 16.5. The van der Waals surface area contributed by atoms with Crippen LogP contribution in [0.5, 0.6) is 5.75 Å². The number of ether oxygens (including phenoxy) is 1. The lowest BCUT2D eigenvalue weighted by atomic mass is 10.1. The molecule has 1 aromatic carbocycles. The first-order valence-electron chi connectivity index (χ1n) is 9.75. The van der Waals surface area contributed by atoms with Crippen molar-refractivity contribution in [2.24, 2.45) is 0 Å². The van der Waals surface area contributed by atoms with E-state index in [4.69, 9.17) is 4.74 Å². The molecule has 6 nitrogen and oxygen atoms in total. The quantitative estimate of drug-likeness (QED) is 0.731. The summed E-state index contributed by atoms with van der Waals surface area (Å²) in [5.74, 6) is 1.37. The van der Waals surface area contributed by atoms with Gasteiger partial charge in [-0.25, -0.2) is 9.97 Å². The highest BCUT2D eigenvalue weighted by Gasteiger charge is 2.13. The van der Waals surface area contributed by atoms with Crippen molar-refractivity contribution in [3.63, 3.8) is 0 Å². The van der Waals surface area contributed by atoms with Crippen LogP contribution in [0.25, 0.3) is 0 Å². The summed E-state index contributed by atoms with van der Waals surface area (Å²) in [6.45, 7) is 0.517. The smallest absolute Gasteiger partial charge is 0.271 e. The lowest BCUT2D eigenvalue weighted by Gasteiger charge is -2.16. The Balaban J connectivity index is 1.48. The maximum atomic E-state index is 12.3. The Bertz CT molecular complexity index is 725. The lowest BCUT2D eigenvalue weighted by Crippen LogP contribution is -2.27. The van der Waals surface area contributed by atoms with Gasteiger partial charge >= 0.3 is 0 Å². The first-order valence-corrected chi connectivity index (χ1v) is 9.75. The number of aromatic nitrogens is 2. The van der Waals surface area contributed by atoms with Gasteiger partial charge in [-0.15, -0.1) is 0 Å². The van der Waals surface area contributed by atoms with Crippen molar-refractivity contribution in [1.82, 2.24) is 15.3 Å². The highest BCUT2D eigenvalue weighted by molar-refractivity contribution is 5.92. The molecule has 2 N–H and O–H groups in total. The molecule has 0 radical (unpaired) electrons. The number of benzene rings is 1. The number of nitrogens with one attached hydrogen (secondary N) is 2. The van der Waals surface area contributed by atoms with Gasteiger partial charge in [0.05, 0.1) is 19.5 Å². The molecule has 1 amide bonds. The summed E-state index contributed by atoms with van der Waals surface area (Å²) >= 11 is 0. The number of methoxy groups -OCH3 is 1. The van der Waals surface area contributed by atoms with Gasteiger partial charge in [0.25, 0.3) is 5.91 Å². The maximum absolute atomic E-state index is 12.3. The summed E-state index contributed by atoms with van der Waals surface area (Å²) in [5.41, 5.74) is 1.40. The number of carbonyl (C=O) groups is 1. The zero-order valence-electron chi connectivity index (χ0n) is 15.9. The Morgan fingerprint density at radius 1 is 1.11 bits per heavy atom. The van der Waals surface area contributed by atoms with Gasteiger partial charge in [0.15, 0.2) is 0 Å². The Hall–Kier alpha value is -2.63. The fourth-order valence-electron chi connectivity index (χ4n) is 3.46. The third-order valence-electron chi connectivity index (χ3n) is 4.96. The van der Waals surface area contributed by atoms with Gasteiger partial charge in [-0.2, -0.15) is 0 Å². The van der Waals surface area contributed by atoms with Gasteiger partial charge in [0, 0.05) is 12.6 Å². The summed E-state index contributed by atoms with van der Waals surface area (Å²) in [7, 11) is 1.65. The van der Waals surface area contributed by atoms with Crippen LogP contribution in [0.15, 0.2) is 36.7 Å². The molecule has 1 aliphatic carbocycles. The Labute approximate surface area is 160 Å². The van der Waals surface area contributed by atoms with E-state index in [1.54, 1.807) is 13.3 Å². The summed E-state index contributed by atoms with van der Waals surface area (Å²) in [6.07, 6.45) is 11.4. The number of hydrogen-bond acceptors (Lipinski definition) is 5. The van der Waals surface area contributed by atoms with Crippen molar-refractivity contribution in [2.75, 3.05) is 19.0 Å². The van der Waals surface area contributed by atoms with Gasteiger partial charge in [0.2, 0.25) is 0 Å². The maximum Gasteiger partial charge on any atom is 0.271 e. The minimum atomic E-state index is -0.210. The molecule has 1 saturated carbocycles. The van der Waals surface area contributed by atoms with E-state index >= 15 is 0 Å². The number of para-hydroxylation sites is 1.